The summed E-state index contributed by atoms with van der Waals surface area (Å²) in [4.78, 5) is 23.2. The number of carbonyl (C=O) groups is 2. The predicted octanol–water partition coefficient (Wildman–Crippen LogP) is 1.08. The fourth-order valence-electron chi connectivity index (χ4n) is 1.45. The van der Waals surface area contributed by atoms with Crippen LogP contribution in [0.5, 0.6) is 0 Å². The first-order valence-corrected chi connectivity index (χ1v) is 5.78. The van der Waals surface area contributed by atoms with Crippen molar-refractivity contribution in [2.45, 2.75) is 6.92 Å². The number of carbonyl (C=O) groups excluding carboxylic acids is 2. The van der Waals surface area contributed by atoms with Gasteiger partial charge in [0.05, 0.1) is 12.2 Å². The second-order valence-electron chi connectivity index (χ2n) is 3.75. The summed E-state index contributed by atoms with van der Waals surface area (Å²) < 4.78 is 9.18. The van der Waals surface area contributed by atoms with Crippen molar-refractivity contribution in [3.63, 3.8) is 0 Å². The van der Waals surface area contributed by atoms with Gasteiger partial charge in [0, 0.05) is 5.69 Å². The molecule has 20 heavy (non-hydrogen) atoms. The lowest BCUT2D eigenvalue weighted by Crippen LogP contribution is -2.14. The number of hydrogen-bond donors (Lipinski definition) is 2. The predicted molar refractivity (Wildman–Crippen MR) is 69.1 cm³/mol. The molecule has 0 aliphatic carbocycles. The monoisotopic (exact) mass is 276 g/mol. The molecule has 0 fully saturated rings. The molecule has 0 saturated heterocycles. The Bertz CT molecular complexity index is 621. The van der Waals surface area contributed by atoms with Gasteiger partial charge in [0.15, 0.2) is 0 Å². The van der Waals surface area contributed by atoms with Crippen molar-refractivity contribution in [2.75, 3.05) is 17.7 Å². The average molecular weight is 276 g/mol. The molecule has 3 N–H and O–H groups in total. The van der Waals surface area contributed by atoms with Crippen LogP contribution in [0.15, 0.2) is 28.9 Å². The molecule has 0 spiro atoms. The zero-order valence-corrected chi connectivity index (χ0v) is 10.6. The van der Waals surface area contributed by atoms with Crippen LogP contribution >= 0.6 is 0 Å². The highest BCUT2D eigenvalue weighted by molar-refractivity contribution is 6.05. The standard InChI is InChI=1S/C12H12N4O4/c1-2-19-12(18)7-3-5-8(6-4-7)14-11(17)9-10(13)16-20-15-9/h3-6H,2H2,1H3,(H2,13,16)(H,14,17). The van der Waals surface area contributed by atoms with Gasteiger partial charge >= 0.3 is 5.97 Å². The molecule has 0 aliphatic heterocycles. The lowest BCUT2D eigenvalue weighted by molar-refractivity contribution is 0.0526. The molecule has 2 aromatic rings. The van der Waals surface area contributed by atoms with E-state index in [2.05, 4.69) is 20.3 Å². The second-order valence-corrected chi connectivity index (χ2v) is 3.75. The summed E-state index contributed by atoms with van der Waals surface area (Å²) in [6.45, 7) is 2.03. The summed E-state index contributed by atoms with van der Waals surface area (Å²) in [7, 11) is 0. The third-order valence-corrected chi connectivity index (χ3v) is 2.38. The minimum absolute atomic E-state index is 0.0920. The smallest absolute Gasteiger partial charge is 0.338 e. The number of ether oxygens (including phenoxy) is 1. The number of rotatable bonds is 4. The quantitative estimate of drug-likeness (QED) is 0.801. The minimum Gasteiger partial charge on any atom is -0.462 e. The molecular formula is C12H12N4O4. The van der Waals surface area contributed by atoms with Crippen LogP contribution in [-0.2, 0) is 4.74 Å². The Balaban J connectivity index is 2.06. The van der Waals surface area contributed by atoms with Gasteiger partial charge in [-0.15, -0.1) is 0 Å². The third kappa shape index (κ3) is 2.91. The first-order valence-electron chi connectivity index (χ1n) is 5.78. The van der Waals surface area contributed by atoms with Crippen LogP contribution < -0.4 is 11.1 Å². The molecule has 104 valence electrons. The van der Waals surface area contributed by atoms with Crippen molar-refractivity contribution >= 4 is 23.4 Å². The van der Waals surface area contributed by atoms with E-state index in [9.17, 15) is 9.59 Å². The van der Waals surface area contributed by atoms with E-state index in [4.69, 9.17) is 10.5 Å². The number of amides is 1. The van der Waals surface area contributed by atoms with Crippen molar-refractivity contribution < 1.29 is 19.0 Å². The third-order valence-electron chi connectivity index (χ3n) is 2.38. The van der Waals surface area contributed by atoms with Gasteiger partial charge in [-0.3, -0.25) is 4.79 Å². The highest BCUT2D eigenvalue weighted by atomic mass is 16.6. The molecule has 8 heteroatoms. The van der Waals surface area contributed by atoms with Crippen LogP contribution in [0.2, 0.25) is 0 Å². The second kappa shape index (κ2) is 5.83. The highest BCUT2D eigenvalue weighted by Crippen LogP contribution is 2.13. The van der Waals surface area contributed by atoms with Gasteiger partial charge in [-0.2, -0.15) is 0 Å². The Kier molecular flexibility index (Phi) is 3.94. The van der Waals surface area contributed by atoms with E-state index in [1.807, 2.05) is 0 Å². The van der Waals surface area contributed by atoms with Crippen molar-refractivity contribution in [1.82, 2.24) is 10.3 Å². The Labute approximate surface area is 113 Å². The number of nitrogens with zero attached hydrogens (tertiary/aromatic N) is 2. The molecule has 0 atom stereocenters. The molecular weight excluding hydrogens is 264 g/mol. The van der Waals surface area contributed by atoms with Crippen LogP contribution in [0.4, 0.5) is 11.5 Å². The molecule has 0 bridgehead atoms. The van der Waals surface area contributed by atoms with Crippen LogP contribution in [0.1, 0.15) is 27.8 Å². The summed E-state index contributed by atoms with van der Waals surface area (Å²) in [5.41, 5.74) is 6.18. The van der Waals surface area contributed by atoms with E-state index >= 15 is 0 Å². The van der Waals surface area contributed by atoms with Crippen molar-refractivity contribution in [1.29, 1.82) is 0 Å². The van der Waals surface area contributed by atoms with Gasteiger partial charge in [-0.1, -0.05) is 0 Å². The molecule has 8 nitrogen and oxygen atoms in total. The van der Waals surface area contributed by atoms with Crippen molar-refractivity contribution in [3.8, 4) is 0 Å². The van der Waals surface area contributed by atoms with Gasteiger partial charge in [-0.25, -0.2) is 9.42 Å². The van der Waals surface area contributed by atoms with E-state index in [1.165, 1.54) is 12.1 Å². The number of nitrogens with one attached hydrogen (secondary N) is 1. The summed E-state index contributed by atoms with van der Waals surface area (Å²) >= 11 is 0. The largest absolute Gasteiger partial charge is 0.462 e. The van der Waals surface area contributed by atoms with E-state index < -0.39 is 11.9 Å². The van der Waals surface area contributed by atoms with E-state index in [0.29, 0.717) is 17.9 Å². The summed E-state index contributed by atoms with van der Waals surface area (Å²) in [6, 6.07) is 6.21. The molecule has 0 aliphatic rings. The van der Waals surface area contributed by atoms with E-state index in [-0.39, 0.29) is 11.5 Å². The Morgan fingerprint density at radius 2 is 2.00 bits per heavy atom. The summed E-state index contributed by atoms with van der Waals surface area (Å²) in [5.74, 6) is -1.06. The number of hydrogen-bond acceptors (Lipinski definition) is 7. The van der Waals surface area contributed by atoms with Crippen LogP contribution in [0.25, 0.3) is 0 Å². The lowest BCUT2D eigenvalue weighted by Gasteiger charge is -2.05. The number of anilines is 2. The van der Waals surface area contributed by atoms with E-state index in [0.717, 1.165) is 0 Å². The Morgan fingerprint density at radius 3 is 2.55 bits per heavy atom. The molecule has 1 aromatic heterocycles. The number of benzene rings is 1. The van der Waals surface area contributed by atoms with Crippen molar-refractivity contribution in [2.24, 2.45) is 0 Å². The first-order chi connectivity index (χ1) is 9.61. The number of nitrogens with two attached hydrogens (primary N) is 1. The van der Waals surface area contributed by atoms with Crippen LogP contribution in [0.3, 0.4) is 0 Å². The average Bonchev–Trinajstić information content (AvgIpc) is 2.86. The summed E-state index contributed by atoms with van der Waals surface area (Å²) in [5, 5.41) is 9.24. The molecule has 2 rings (SSSR count). The molecule has 1 amide bonds. The van der Waals surface area contributed by atoms with Gasteiger partial charge in [0.1, 0.15) is 0 Å². The maximum Gasteiger partial charge on any atom is 0.338 e. The first kappa shape index (κ1) is 13.5. The molecule has 0 unspecified atom stereocenters. The zero-order chi connectivity index (χ0) is 14.5. The number of esters is 1. The molecule has 1 aromatic carbocycles. The highest BCUT2D eigenvalue weighted by Gasteiger charge is 2.16. The SMILES string of the molecule is CCOC(=O)c1ccc(NC(=O)c2nonc2N)cc1. The molecule has 0 saturated carbocycles. The summed E-state index contributed by atoms with van der Waals surface area (Å²) in [6.07, 6.45) is 0. The fraction of sp³-hybridized carbons (Fsp3) is 0.167. The molecule has 0 radical (unpaired) electrons. The maximum absolute atomic E-state index is 11.8. The number of aromatic nitrogens is 2. The lowest BCUT2D eigenvalue weighted by atomic mass is 10.2. The topological polar surface area (TPSA) is 120 Å². The molecule has 1 heterocycles. The normalized spacial score (nSPS) is 10.1. The van der Waals surface area contributed by atoms with Gasteiger partial charge in [-0.05, 0) is 41.5 Å². The van der Waals surface area contributed by atoms with Gasteiger partial charge < -0.3 is 15.8 Å². The number of nitrogen functional groups attached to an aromatic ring is 1. The van der Waals surface area contributed by atoms with Gasteiger partial charge in [0.25, 0.3) is 5.91 Å². The van der Waals surface area contributed by atoms with Crippen LogP contribution in [-0.4, -0.2) is 28.8 Å². The minimum atomic E-state index is -0.548. The van der Waals surface area contributed by atoms with Crippen molar-refractivity contribution in [3.05, 3.63) is 35.5 Å². The Hall–Kier alpha value is -2.90. The zero-order valence-electron chi connectivity index (χ0n) is 10.6. The van der Waals surface area contributed by atoms with E-state index in [1.54, 1.807) is 19.1 Å². The van der Waals surface area contributed by atoms with Crippen LogP contribution in [0, 0.1) is 0 Å². The maximum atomic E-state index is 11.8. The Morgan fingerprint density at radius 1 is 1.30 bits per heavy atom. The van der Waals surface area contributed by atoms with Gasteiger partial charge in [0.2, 0.25) is 11.5 Å². The fourth-order valence-corrected chi connectivity index (χ4v) is 1.45.